The van der Waals surface area contributed by atoms with E-state index in [4.69, 9.17) is 4.74 Å². The van der Waals surface area contributed by atoms with Gasteiger partial charge in [-0.25, -0.2) is 9.78 Å². The third-order valence-electron chi connectivity index (χ3n) is 4.00. The topological polar surface area (TPSA) is 68.2 Å². The van der Waals surface area contributed by atoms with Gasteiger partial charge in [0, 0.05) is 23.3 Å². The number of methoxy groups -OCH3 is 1. The molecule has 3 aromatic rings. The van der Waals surface area contributed by atoms with Gasteiger partial charge in [-0.15, -0.1) is 0 Å². The Hall–Kier alpha value is -3.49. The number of alkyl halides is 3. The second-order valence-electron chi connectivity index (χ2n) is 5.94. The summed E-state index contributed by atoms with van der Waals surface area (Å²) in [5.41, 5.74) is 1.32. The predicted octanol–water partition coefficient (Wildman–Crippen LogP) is 4.85. The largest absolute Gasteiger partial charge is 0.495 e. The number of carbonyl (C=O) groups is 1. The molecule has 1 aromatic heterocycles. The molecule has 0 bridgehead atoms. The zero-order chi connectivity index (χ0) is 20.3. The average Bonchev–Trinajstić information content (AvgIpc) is 3.07. The number of hydrogen-bond acceptors (Lipinski definition) is 3. The Kier molecular flexibility index (Phi) is 5.25. The Balaban J connectivity index is 1.73. The molecule has 0 aliphatic carbocycles. The summed E-state index contributed by atoms with van der Waals surface area (Å²) in [6, 6.07) is 9.10. The maximum absolute atomic E-state index is 12.9. The number of amides is 2. The Labute approximate surface area is 159 Å². The molecular weight excluding hydrogens is 373 g/mol. The number of aryl methyl sites for hydroxylation is 1. The van der Waals surface area contributed by atoms with E-state index in [1.54, 1.807) is 36.8 Å². The minimum absolute atomic E-state index is 0.0829. The number of hydrogen-bond donors (Lipinski definition) is 2. The first kappa shape index (κ1) is 19.3. The molecule has 0 aliphatic heterocycles. The summed E-state index contributed by atoms with van der Waals surface area (Å²) in [6.45, 7) is 1.91. The summed E-state index contributed by atoms with van der Waals surface area (Å²) in [5, 5.41) is 4.96. The Morgan fingerprint density at radius 2 is 1.82 bits per heavy atom. The first-order valence-corrected chi connectivity index (χ1v) is 8.20. The molecular formula is C19H17F3N4O2. The van der Waals surface area contributed by atoms with Crippen LogP contribution in [0.2, 0.25) is 0 Å². The van der Waals surface area contributed by atoms with Crippen LogP contribution < -0.4 is 15.4 Å². The lowest BCUT2D eigenvalue weighted by Crippen LogP contribution is -2.20. The third-order valence-corrected chi connectivity index (χ3v) is 4.00. The molecule has 0 atom stereocenters. The molecule has 0 saturated carbocycles. The molecule has 6 nitrogen and oxygen atoms in total. The number of nitrogens with zero attached hydrogens (tertiary/aromatic N) is 2. The molecule has 2 aromatic carbocycles. The Bertz CT molecular complexity index is 982. The quantitative estimate of drug-likeness (QED) is 0.669. The van der Waals surface area contributed by atoms with E-state index in [0.29, 0.717) is 5.69 Å². The molecule has 9 heteroatoms. The molecule has 2 N–H and O–H groups in total. The van der Waals surface area contributed by atoms with Gasteiger partial charge in [0.2, 0.25) is 0 Å². The van der Waals surface area contributed by atoms with Gasteiger partial charge in [0.25, 0.3) is 0 Å². The summed E-state index contributed by atoms with van der Waals surface area (Å²) in [7, 11) is 1.31. The van der Waals surface area contributed by atoms with Crippen LogP contribution in [0.15, 0.2) is 55.0 Å². The van der Waals surface area contributed by atoms with Crippen molar-refractivity contribution >= 4 is 17.4 Å². The SMILES string of the molecule is COc1ccc(C(F)(F)F)cc1NC(=O)Nc1ccc(-n2cncc2C)cc1. The lowest BCUT2D eigenvalue weighted by atomic mass is 10.2. The molecule has 0 spiro atoms. The van der Waals surface area contributed by atoms with Gasteiger partial charge in [0.1, 0.15) is 5.75 Å². The normalized spacial score (nSPS) is 11.2. The maximum Gasteiger partial charge on any atom is 0.416 e. The molecule has 0 radical (unpaired) electrons. The van der Waals surface area contributed by atoms with Crippen molar-refractivity contribution in [3.63, 3.8) is 0 Å². The van der Waals surface area contributed by atoms with Crippen molar-refractivity contribution in [2.24, 2.45) is 0 Å². The number of imidazole rings is 1. The standard InChI is InChI=1S/C19H17F3N4O2/c1-12-10-23-11-26(12)15-6-4-14(5-7-15)24-18(27)25-16-9-13(19(20,21)22)3-8-17(16)28-2/h3-11H,1-2H3,(H2,24,25,27). The molecule has 3 rings (SSSR count). The highest BCUT2D eigenvalue weighted by atomic mass is 19.4. The van der Waals surface area contributed by atoms with Crippen LogP contribution >= 0.6 is 0 Å². The van der Waals surface area contributed by atoms with Crippen molar-refractivity contribution < 1.29 is 22.7 Å². The van der Waals surface area contributed by atoms with Crippen molar-refractivity contribution in [1.29, 1.82) is 0 Å². The molecule has 146 valence electrons. The smallest absolute Gasteiger partial charge is 0.416 e. The van der Waals surface area contributed by atoms with Crippen LogP contribution in [0, 0.1) is 6.92 Å². The number of nitrogens with one attached hydrogen (secondary N) is 2. The predicted molar refractivity (Wildman–Crippen MR) is 98.9 cm³/mol. The Morgan fingerprint density at radius 3 is 2.39 bits per heavy atom. The van der Waals surface area contributed by atoms with Crippen molar-refractivity contribution in [3.8, 4) is 11.4 Å². The number of carbonyl (C=O) groups excluding carboxylic acids is 1. The fourth-order valence-corrected chi connectivity index (χ4v) is 2.60. The zero-order valence-electron chi connectivity index (χ0n) is 15.0. The number of anilines is 2. The van der Waals surface area contributed by atoms with E-state index in [0.717, 1.165) is 29.6 Å². The van der Waals surface area contributed by atoms with Crippen molar-refractivity contribution in [1.82, 2.24) is 9.55 Å². The van der Waals surface area contributed by atoms with Crippen LogP contribution in [0.5, 0.6) is 5.75 Å². The van der Waals surface area contributed by atoms with Crippen LogP contribution in [0.25, 0.3) is 5.69 Å². The molecule has 28 heavy (non-hydrogen) atoms. The molecule has 0 fully saturated rings. The van der Waals surface area contributed by atoms with E-state index in [2.05, 4.69) is 15.6 Å². The van der Waals surface area contributed by atoms with Gasteiger partial charge in [0.15, 0.2) is 0 Å². The van der Waals surface area contributed by atoms with Crippen molar-refractivity contribution in [2.45, 2.75) is 13.1 Å². The molecule has 2 amide bonds. The lowest BCUT2D eigenvalue weighted by molar-refractivity contribution is -0.137. The lowest BCUT2D eigenvalue weighted by Gasteiger charge is -2.14. The van der Waals surface area contributed by atoms with Gasteiger partial charge in [-0.05, 0) is 49.4 Å². The average molecular weight is 390 g/mol. The molecule has 0 unspecified atom stereocenters. The van der Waals surface area contributed by atoms with Crippen LogP contribution in [0.3, 0.4) is 0 Å². The summed E-state index contributed by atoms with van der Waals surface area (Å²) < 4.78 is 45.6. The van der Waals surface area contributed by atoms with Gasteiger partial charge in [-0.3, -0.25) is 0 Å². The minimum atomic E-state index is -4.53. The van der Waals surface area contributed by atoms with E-state index < -0.39 is 17.8 Å². The highest BCUT2D eigenvalue weighted by Gasteiger charge is 2.31. The van der Waals surface area contributed by atoms with Crippen LogP contribution in [-0.2, 0) is 6.18 Å². The second kappa shape index (κ2) is 7.63. The number of benzene rings is 2. The highest BCUT2D eigenvalue weighted by Crippen LogP contribution is 2.35. The summed E-state index contributed by atoms with van der Waals surface area (Å²) in [5.74, 6) is 0.120. The molecule has 0 saturated heterocycles. The fraction of sp³-hybridized carbons (Fsp3) is 0.158. The van der Waals surface area contributed by atoms with E-state index in [1.807, 2.05) is 11.5 Å². The first-order chi connectivity index (χ1) is 13.3. The van der Waals surface area contributed by atoms with Crippen molar-refractivity contribution in [2.75, 3.05) is 17.7 Å². The number of rotatable bonds is 4. The van der Waals surface area contributed by atoms with Crippen LogP contribution in [0.4, 0.5) is 29.3 Å². The molecule has 0 aliphatic rings. The van der Waals surface area contributed by atoms with Gasteiger partial charge in [-0.2, -0.15) is 13.2 Å². The van der Waals surface area contributed by atoms with E-state index in [1.165, 1.54) is 7.11 Å². The summed E-state index contributed by atoms with van der Waals surface area (Å²) >= 11 is 0. The number of ether oxygens (including phenoxy) is 1. The summed E-state index contributed by atoms with van der Waals surface area (Å²) in [4.78, 5) is 16.3. The van der Waals surface area contributed by atoms with Crippen molar-refractivity contribution in [3.05, 3.63) is 66.2 Å². The highest BCUT2D eigenvalue weighted by molar-refractivity contribution is 6.00. The maximum atomic E-state index is 12.9. The third kappa shape index (κ3) is 4.25. The first-order valence-electron chi connectivity index (χ1n) is 8.20. The van der Waals surface area contributed by atoms with Gasteiger partial charge in [-0.1, -0.05) is 0 Å². The van der Waals surface area contributed by atoms with Crippen LogP contribution in [-0.4, -0.2) is 22.7 Å². The molecule has 1 heterocycles. The fourth-order valence-electron chi connectivity index (χ4n) is 2.60. The van der Waals surface area contributed by atoms with E-state index in [-0.39, 0.29) is 11.4 Å². The minimum Gasteiger partial charge on any atom is -0.495 e. The van der Waals surface area contributed by atoms with E-state index >= 15 is 0 Å². The van der Waals surface area contributed by atoms with E-state index in [9.17, 15) is 18.0 Å². The zero-order valence-corrected chi connectivity index (χ0v) is 15.0. The monoisotopic (exact) mass is 390 g/mol. The van der Waals surface area contributed by atoms with Gasteiger partial charge < -0.3 is 19.9 Å². The van der Waals surface area contributed by atoms with Gasteiger partial charge >= 0.3 is 12.2 Å². The summed E-state index contributed by atoms with van der Waals surface area (Å²) in [6.07, 6.45) is -1.13. The Morgan fingerprint density at radius 1 is 1.11 bits per heavy atom. The number of halogens is 3. The number of aromatic nitrogens is 2. The number of urea groups is 1. The van der Waals surface area contributed by atoms with Crippen LogP contribution in [0.1, 0.15) is 11.3 Å². The second-order valence-corrected chi connectivity index (χ2v) is 5.94. The van der Waals surface area contributed by atoms with Gasteiger partial charge in [0.05, 0.1) is 24.7 Å².